The topological polar surface area (TPSA) is 63.4 Å². The van der Waals surface area contributed by atoms with Crippen LogP contribution in [0.1, 0.15) is 20.3 Å². The Labute approximate surface area is 115 Å². The quantitative estimate of drug-likeness (QED) is 0.844. The number of para-hydroxylation sites is 1. The predicted molar refractivity (Wildman–Crippen MR) is 79.1 cm³/mol. The van der Waals surface area contributed by atoms with E-state index in [1.165, 1.54) is 12.7 Å². The van der Waals surface area contributed by atoms with Gasteiger partial charge in [0.1, 0.15) is 0 Å². The number of hydrogen-bond donors (Lipinski definition) is 1. The minimum Gasteiger partial charge on any atom is -0.396 e. The van der Waals surface area contributed by atoms with Crippen molar-refractivity contribution < 1.29 is 8.42 Å². The molecule has 1 aromatic carbocycles. The van der Waals surface area contributed by atoms with Crippen molar-refractivity contribution in [2.24, 2.45) is 11.8 Å². The van der Waals surface area contributed by atoms with Crippen LogP contribution >= 0.6 is 0 Å². The van der Waals surface area contributed by atoms with Crippen LogP contribution in [0.4, 0.5) is 11.4 Å². The molecule has 2 atom stereocenters. The standard InChI is InChI=1S/C14H22N2O2S/c1-10-7-11(2)9-16(8-10)12-5-4-6-13(14(12)15)19(3,17)18/h4-6,10-11H,7-9,15H2,1-3H3. The summed E-state index contributed by atoms with van der Waals surface area (Å²) in [5.74, 6) is 1.20. The summed E-state index contributed by atoms with van der Waals surface area (Å²) >= 11 is 0. The third-order valence-corrected chi connectivity index (χ3v) is 4.81. The molecular formula is C14H22N2O2S. The molecule has 0 bridgehead atoms. The molecule has 2 unspecified atom stereocenters. The van der Waals surface area contributed by atoms with Gasteiger partial charge >= 0.3 is 0 Å². The second-order valence-corrected chi connectivity index (χ2v) is 7.80. The molecule has 0 aliphatic carbocycles. The minimum absolute atomic E-state index is 0.232. The molecule has 2 N–H and O–H groups in total. The van der Waals surface area contributed by atoms with E-state index in [9.17, 15) is 8.42 Å². The van der Waals surface area contributed by atoms with E-state index < -0.39 is 9.84 Å². The Morgan fingerprint density at radius 1 is 1.21 bits per heavy atom. The van der Waals surface area contributed by atoms with Gasteiger partial charge in [-0.1, -0.05) is 19.9 Å². The van der Waals surface area contributed by atoms with Gasteiger partial charge in [-0.25, -0.2) is 8.42 Å². The lowest BCUT2D eigenvalue weighted by Gasteiger charge is -2.37. The van der Waals surface area contributed by atoms with E-state index in [-0.39, 0.29) is 4.90 Å². The van der Waals surface area contributed by atoms with Crippen molar-refractivity contribution in [2.45, 2.75) is 25.2 Å². The maximum atomic E-state index is 11.7. The van der Waals surface area contributed by atoms with Gasteiger partial charge in [0, 0.05) is 19.3 Å². The fourth-order valence-electron chi connectivity index (χ4n) is 2.99. The van der Waals surface area contributed by atoms with Gasteiger partial charge in [0.15, 0.2) is 9.84 Å². The Hall–Kier alpha value is -1.23. The molecule has 2 rings (SSSR count). The van der Waals surface area contributed by atoms with Crippen LogP contribution in [-0.4, -0.2) is 27.8 Å². The summed E-state index contributed by atoms with van der Waals surface area (Å²) in [6.07, 6.45) is 2.41. The number of benzene rings is 1. The molecule has 4 nitrogen and oxygen atoms in total. The van der Waals surface area contributed by atoms with E-state index >= 15 is 0 Å². The zero-order valence-electron chi connectivity index (χ0n) is 11.8. The first-order valence-electron chi connectivity index (χ1n) is 6.62. The van der Waals surface area contributed by atoms with Gasteiger partial charge in [-0.15, -0.1) is 0 Å². The fraction of sp³-hybridized carbons (Fsp3) is 0.571. The van der Waals surface area contributed by atoms with Gasteiger partial charge in [-0.05, 0) is 30.4 Å². The summed E-state index contributed by atoms with van der Waals surface area (Å²) in [6, 6.07) is 5.26. The molecule has 1 aliphatic heterocycles. The molecule has 0 saturated carbocycles. The lowest BCUT2D eigenvalue weighted by atomic mass is 9.91. The summed E-state index contributed by atoms with van der Waals surface area (Å²) < 4.78 is 23.4. The first-order chi connectivity index (χ1) is 8.79. The SMILES string of the molecule is CC1CC(C)CN(c2cccc(S(C)(=O)=O)c2N)C1. The number of sulfone groups is 1. The Kier molecular flexibility index (Phi) is 3.76. The largest absolute Gasteiger partial charge is 0.396 e. The van der Waals surface area contributed by atoms with Crippen molar-refractivity contribution in [3.8, 4) is 0 Å². The average molecular weight is 282 g/mol. The molecule has 0 aromatic heterocycles. The van der Waals surface area contributed by atoms with Crippen LogP contribution < -0.4 is 10.6 Å². The maximum Gasteiger partial charge on any atom is 0.177 e. The number of nitrogens with two attached hydrogens (primary N) is 1. The number of anilines is 2. The van der Waals surface area contributed by atoms with E-state index in [2.05, 4.69) is 18.7 Å². The number of piperidine rings is 1. The van der Waals surface area contributed by atoms with E-state index in [1.807, 2.05) is 6.07 Å². The Morgan fingerprint density at radius 3 is 2.32 bits per heavy atom. The molecule has 1 aliphatic rings. The first kappa shape index (κ1) is 14.2. The van der Waals surface area contributed by atoms with Crippen LogP contribution in [-0.2, 0) is 9.84 Å². The summed E-state index contributed by atoms with van der Waals surface area (Å²) in [7, 11) is -3.27. The predicted octanol–water partition coefficient (Wildman–Crippen LogP) is 2.15. The third kappa shape index (κ3) is 3.03. The van der Waals surface area contributed by atoms with Gasteiger partial charge in [0.05, 0.1) is 16.3 Å². The highest BCUT2D eigenvalue weighted by atomic mass is 32.2. The second-order valence-electron chi connectivity index (χ2n) is 5.81. The van der Waals surface area contributed by atoms with Crippen molar-refractivity contribution in [2.75, 3.05) is 30.0 Å². The van der Waals surface area contributed by atoms with Crippen LogP contribution in [0.3, 0.4) is 0 Å². The van der Waals surface area contributed by atoms with Crippen molar-refractivity contribution in [3.05, 3.63) is 18.2 Å². The Balaban J connectivity index is 2.41. The lowest BCUT2D eigenvalue weighted by molar-refractivity contribution is 0.357. The minimum atomic E-state index is -3.27. The number of nitrogens with zero attached hydrogens (tertiary/aromatic N) is 1. The fourth-order valence-corrected chi connectivity index (χ4v) is 3.82. The maximum absolute atomic E-state index is 11.7. The summed E-state index contributed by atoms with van der Waals surface area (Å²) in [5, 5.41) is 0. The molecule has 106 valence electrons. The van der Waals surface area contributed by atoms with Crippen molar-refractivity contribution in [1.29, 1.82) is 0 Å². The van der Waals surface area contributed by atoms with Crippen molar-refractivity contribution in [1.82, 2.24) is 0 Å². The monoisotopic (exact) mass is 282 g/mol. The van der Waals surface area contributed by atoms with Gasteiger partial charge in [0.25, 0.3) is 0 Å². The highest BCUT2D eigenvalue weighted by molar-refractivity contribution is 7.90. The summed E-state index contributed by atoms with van der Waals surface area (Å²) in [5.41, 5.74) is 7.30. The molecule has 0 spiro atoms. The highest BCUT2D eigenvalue weighted by Gasteiger charge is 2.25. The average Bonchev–Trinajstić information content (AvgIpc) is 2.26. The number of nitrogen functional groups attached to an aromatic ring is 1. The van der Waals surface area contributed by atoms with Crippen LogP contribution in [0.25, 0.3) is 0 Å². The second kappa shape index (κ2) is 5.04. The molecule has 1 saturated heterocycles. The number of rotatable bonds is 2. The third-order valence-electron chi connectivity index (χ3n) is 3.65. The van der Waals surface area contributed by atoms with Crippen LogP contribution in [0.5, 0.6) is 0 Å². The van der Waals surface area contributed by atoms with Gasteiger partial charge in [-0.3, -0.25) is 0 Å². The molecule has 1 aromatic rings. The Morgan fingerprint density at radius 2 is 1.79 bits per heavy atom. The van der Waals surface area contributed by atoms with Gasteiger partial charge < -0.3 is 10.6 Å². The molecule has 1 fully saturated rings. The summed E-state index contributed by atoms with van der Waals surface area (Å²) in [4.78, 5) is 2.44. The van der Waals surface area contributed by atoms with E-state index in [1.54, 1.807) is 12.1 Å². The van der Waals surface area contributed by atoms with Gasteiger partial charge in [0.2, 0.25) is 0 Å². The zero-order valence-corrected chi connectivity index (χ0v) is 12.6. The molecule has 0 radical (unpaired) electrons. The van der Waals surface area contributed by atoms with Crippen LogP contribution in [0.15, 0.2) is 23.1 Å². The van der Waals surface area contributed by atoms with E-state index in [4.69, 9.17) is 5.73 Å². The molecular weight excluding hydrogens is 260 g/mol. The molecule has 5 heteroatoms. The van der Waals surface area contributed by atoms with Gasteiger partial charge in [-0.2, -0.15) is 0 Å². The Bertz CT molecular complexity index is 559. The van der Waals surface area contributed by atoms with E-state index in [0.717, 1.165) is 18.8 Å². The van der Waals surface area contributed by atoms with Crippen LogP contribution in [0.2, 0.25) is 0 Å². The zero-order chi connectivity index (χ0) is 14.2. The molecule has 1 heterocycles. The normalized spacial score (nSPS) is 24.5. The number of hydrogen-bond acceptors (Lipinski definition) is 4. The van der Waals surface area contributed by atoms with Crippen molar-refractivity contribution in [3.63, 3.8) is 0 Å². The highest BCUT2D eigenvalue weighted by Crippen LogP contribution is 2.33. The van der Waals surface area contributed by atoms with Crippen molar-refractivity contribution >= 4 is 21.2 Å². The molecule has 0 amide bonds. The molecule has 19 heavy (non-hydrogen) atoms. The smallest absolute Gasteiger partial charge is 0.177 e. The first-order valence-corrected chi connectivity index (χ1v) is 8.51. The lowest BCUT2D eigenvalue weighted by Crippen LogP contribution is -2.39. The van der Waals surface area contributed by atoms with Crippen LogP contribution in [0, 0.1) is 11.8 Å². The van der Waals surface area contributed by atoms with E-state index in [0.29, 0.717) is 17.5 Å². The summed E-state index contributed by atoms with van der Waals surface area (Å²) in [6.45, 7) is 6.31.